The Kier molecular flexibility index (Phi) is 6.38. The van der Waals surface area contributed by atoms with Gasteiger partial charge in [-0.15, -0.1) is 0 Å². The van der Waals surface area contributed by atoms with Crippen LogP contribution in [0.3, 0.4) is 0 Å². The summed E-state index contributed by atoms with van der Waals surface area (Å²) in [6, 6.07) is 0. The molecule has 0 aromatic heterocycles. The molecular weight excluding hydrogens is 256 g/mol. The van der Waals surface area contributed by atoms with E-state index in [9.17, 15) is 0 Å². The summed E-state index contributed by atoms with van der Waals surface area (Å²) in [5.74, 6) is 1.87. The largest absolute Gasteiger partial charge is 0.382 e. The van der Waals surface area contributed by atoms with Gasteiger partial charge in [0.1, 0.15) is 0 Å². The third-order valence-electron chi connectivity index (χ3n) is 4.52. The Balaban J connectivity index is 1.65. The zero-order valence-electron chi connectivity index (χ0n) is 12.2. The molecule has 2 rings (SSSR count). The fourth-order valence-corrected chi connectivity index (χ4v) is 3.68. The van der Waals surface area contributed by atoms with Crippen molar-refractivity contribution in [3.05, 3.63) is 0 Å². The summed E-state index contributed by atoms with van der Waals surface area (Å²) in [5, 5.41) is 4.34. The van der Waals surface area contributed by atoms with E-state index in [0.29, 0.717) is 0 Å². The summed E-state index contributed by atoms with van der Waals surface area (Å²) >= 11 is 5.52. The van der Waals surface area contributed by atoms with Crippen LogP contribution in [0.25, 0.3) is 0 Å². The molecule has 1 aliphatic heterocycles. The third kappa shape index (κ3) is 4.60. The molecule has 1 aliphatic carbocycles. The van der Waals surface area contributed by atoms with Crippen molar-refractivity contribution in [1.82, 2.24) is 10.2 Å². The average Bonchev–Trinajstić information content (AvgIpc) is 2.46. The molecule has 2 atom stereocenters. The molecule has 2 unspecified atom stereocenters. The van der Waals surface area contributed by atoms with Gasteiger partial charge in [-0.2, -0.15) is 0 Å². The number of hydrogen-bond donors (Lipinski definition) is 1. The minimum Gasteiger partial charge on any atom is -0.382 e. The van der Waals surface area contributed by atoms with Crippen molar-refractivity contribution in [2.75, 3.05) is 32.8 Å². The zero-order chi connectivity index (χ0) is 13.5. The average molecular weight is 284 g/mol. The number of piperidine rings is 1. The Hall–Kier alpha value is -0.350. The summed E-state index contributed by atoms with van der Waals surface area (Å²) in [4.78, 5) is 2.39. The second-order valence-electron chi connectivity index (χ2n) is 5.82. The topological polar surface area (TPSA) is 24.5 Å². The fourth-order valence-electron chi connectivity index (χ4n) is 3.41. The second kappa shape index (κ2) is 8.05. The third-order valence-corrected chi connectivity index (χ3v) is 4.93. The van der Waals surface area contributed by atoms with Crippen LogP contribution in [-0.2, 0) is 4.74 Å². The standard InChI is InChI=1S/C15H28N2OS/c1-2-18-11-5-9-16-15(19)17-10-8-13-6-3-4-7-14(13)12-17/h13-14H,2-12H2,1H3,(H,16,19). The van der Waals surface area contributed by atoms with E-state index in [2.05, 4.69) is 10.2 Å². The summed E-state index contributed by atoms with van der Waals surface area (Å²) in [5.41, 5.74) is 0. The van der Waals surface area contributed by atoms with Gasteiger partial charge in [0.05, 0.1) is 0 Å². The molecule has 1 N–H and O–H groups in total. The molecule has 0 aromatic carbocycles. The van der Waals surface area contributed by atoms with Crippen molar-refractivity contribution in [1.29, 1.82) is 0 Å². The minimum atomic E-state index is 0.805. The molecular formula is C15H28N2OS. The Bertz CT molecular complexity index is 285. The van der Waals surface area contributed by atoms with E-state index in [1.165, 1.54) is 38.6 Å². The summed E-state index contributed by atoms with van der Waals surface area (Å²) in [6.07, 6.45) is 8.10. The van der Waals surface area contributed by atoms with Gasteiger partial charge in [-0.05, 0) is 50.2 Å². The van der Waals surface area contributed by atoms with Crippen LogP contribution >= 0.6 is 12.2 Å². The number of ether oxygens (including phenoxy) is 1. The highest BCUT2D eigenvalue weighted by molar-refractivity contribution is 7.80. The van der Waals surface area contributed by atoms with Gasteiger partial charge in [0.2, 0.25) is 0 Å². The Labute approximate surface area is 123 Å². The van der Waals surface area contributed by atoms with E-state index in [4.69, 9.17) is 17.0 Å². The number of likely N-dealkylation sites (tertiary alicyclic amines) is 1. The van der Waals surface area contributed by atoms with Crippen molar-refractivity contribution in [3.63, 3.8) is 0 Å². The number of rotatable bonds is 5. The van der Waals surface area contributed by atoms with Crippen molar-refractivity contribution in [2.24, 2.45) is 11.8 Å². The molecule has 0 bridgehead atoms. The number of thiocarbonyl (C=S) groups is 1. The molecule has 2 fully saturated rings. The van der Waals surface area contributed by atoms with E-state index in [1.54, 1.807) is 0 Å². The van der Waals surface area contributed by atoms with Gasteiger partial charge in [-0.3, -0.25) is 0 Å². The lowest BCUT2D eigenvalue weighted by atomic mass is 9.75. The lowest BCUT2D eigenvalue weighted by Gasteiger charge is -2.42. The molecule has 1 saturated carbocycles. The molecule has 0 spiro atoms. The lowest BCUT2D eigenvalue weighted by Crippen LogP contribution is -2.48. The normalized spacial score (nSPS) is 26.9. The van der Waals surface area contributed by atoms with Crippen LogP contribution in [0, 0.1) is 11.8 Å². The Morgan fingerprint density at radius 1 is 1.26 bits per heavy atom. The molecule has 0 radical (unpaired) electrons. The number of nitrogens with one attached hydrogen (secondary N) is 1. The monoisotopic (exact) mass is 284 g/mol. The van der Waals surface area contributed by atoms with Gasteiger partial charge < -0.3 is 15.0 Å². The summed E-state index contributed by atoms with van der Waals surface area (Å²) in [7, 11) is 0. The van der Waals surface area contributed by atoms with Crippen molar-refractivity contribution >= 4 is 17.3 Å². The van der Waals surface area contributed by atoms with Crippen LogP contribution in [0.5, 0.6) is 0 Å². The Morgan fingerprint density at radius 3 is 2.84 bits per heavy atom. The van der Waals surface area contributed by atoms with Gasteiger partial charge >= 0.3 is 0 Å². The molecule has 2 aliphatic rings. The predicted molar refractivity (Wildman–Crippen MR) is 83.3 cm³/mol. The first-order valence-electron chi connectivity index (χ1n) is 7.91. The summed E-state index contributed by atoms with van der Waals surface area (Å²) < 4.78 is 5.33. The molecule has 110 valence electrons. The van der Waals surface area contributed by atoms with E-state index in [1.807, 2.05) is 6.92 Å². The van der Waals surface area contributed by atoms with Gasteiger partial charge in [-0.25, -0.2) is 0 Å². The molecule has 1 heterocycles. The number of fused-ring (bicyclic) bond motifs is 1. The summed E-state index contributed by atoms with van der Waals surface area (Å²) in [6.45, 7) is 6.94. The molecule has 0 aromatic rings. The van der Waals surface area contributed by atoms with Crippen LogP contribution in [0.1, 0.15) is 45.4 Å². The smallest absolute Gasteiger partial charge is 0.168 e. The quantitative estimate of drug-likeness (QED) is 0.620. The minimum absolute atomic E-state index is 0.805. The SMILES string of the molecule is CCOCCCNC(=S)N1CCC2CCCCC2C1. The number of hydrogen-bond acceptors (Lipinski definition) is 2. The van der Waals surface area contributed by atoms with Crippen LogP contribution in [-0.4, -0.2) is 42.9 Å². The fraction of sp³-hybridized carbons (Fsp3) is 0.933. The van der Waals surface area contributed by atoms with E-state index >= 15 is 0 Å². The highest BCUT2D eigenvalue weighted by atomic mass is 32.1. The number of nitrogens with zero attached hydrogens (tertiary/aromatic N) is 1. The zero-order valence-corrected chi connectivity index (χ0v) is 13.0. The van der Waals surface area contributed by atoms with Crippen LogP contribution in [0.4, 0.5) is 0 Å². The van der Waals surface area contributed by atoms with Crippen molar-refractivity contribution < 1.29 is 4.74 Å². The molecule has 1 saturated heterocycles. The van der Waals surface area contributed by atoms with Gasteiger partial charge in [0, 0.05) is 32.8 Å². The van der Waals surface area contributed by atoms with Crippen LogP contribution in [0.15, 0.2) is 0 Å². The second-order valence-corrected chi connectivity index (χ2v) is 6.21. The molecule has 4 heteroatoms. The first-order valence-corrected chi connectivity index (χ1v) is 8.32. The maximum Gasteiger partial charge on any atom is 0.168 e. The molecule has 19 heavy (non-hydrogen) atoms. The Morgan fingerprint density at radius 2 is 2.05 bits per heavy atom. The van der Waals surface area contributed by atoms with Crippen molar-refractivity contribution in [2.45, 2.75) is 45.4 Å². The predicted octanol–water partition coefficient (Wildman–Crippen LogP) is 2.80. The van der Waals surface area contributed by atoms with E-state index in [-0.39, 0.29) is 0 Å². The van der Waals surface area contributed by atoms with Crippen LogP contribution in [0.2, 0.25) is 0 Å². The lowest BCUT2D eigenvalue weighted by molar-refractivity contribution is 0.128. The van der Waals surface area contributed by atoms with Gasteiger partial charge in [0.15, 0.2) is 5.11 Å². The highest BCUT2D eigenvalue weighted by Crippen LogP contribution is 2.35. The first kappa shape index (κ1) is 15.0. The first-order chi connectivity index (χ1) is 9.31. The molecule has 3 nitrogen and oxygen atoms in total. The maximum atomic E-state index is 5.52. The maximum absolute atomic E-state index is 5.52. The van der Waals surface area contributed by atoms with Gasteiger partial charge in [0.25, 0.3) is 0 Å². The highest BCUT2D eigenvalue weighted by Gasteiger charge is 2.31. The van der Waals surface area contributed by atoms with Gasteiger partial charge in [-0.1, -0.05) is 19.3 Å². The van der Waals surface area contributed by atoms with E-state index < -0.39 is 0 Å². The molecule has 0 amide bonds. The van der Waals surface area contributed by atoms with E-state index in [0.717, 1.165) is 49.7 Å². The van der Waals surface area contributed by atoms with Crippen LogP contribution < -0.4 is 5.32 Å². The van der Waals surface area contributed by atoms with Crippen molar-refractivity contribution in [3.8, 4) is 0 Å².